The molecule has 2 aliphatic rings. The Balaban J connectivity index is 1.82. The molecular weight excluding hydrogens is 395 g/mol. The van der Waals surface area contributed by atoms with Crippen molar-refractivity contribution in [2.24, 2.45) is 4.99 Å². The van der Waals surface area contributed by atoms with Gasteiger partial charge < -0.3 is 15.5 Å². The van der Waals surface area contributed by atoms with Gasteiger partial charge in [-0.1, -0.05) is 12.8 Å². The van der Waals surface area contributed by atoms with Gasteiger partial charge in [-0.2, -0.15) is 17.5 Å². The van der Waals surface area contributed by atoms with Crippen LogP contribution in [0.2, 0.25) is 0 Å². The minimum atomic E-state index is -5.24. The second-order valence-electron chi connectivity index (χ2n) is 7.45. The van der Waals surface area contributed by atoms with Crippen molar-refractivity contribution in [3.8, 4) is 0 Å². The molecule has 1 aliphatic heterocycles. The zero-order valence-electron chi connectivity index (χ0n) is 16.6. The number of nitrogens with zero attached hydrogens (tertiary/aromatic N) is 3. The van der Waals surface area contributed by atoms with E-state index in [-0.39, 0.29) is 19.1 Å². The minimum Gasteiger partial charge on any atom is -0.357 e. The molecule has 0 atom stereocenters. The molecule has 0 amide bonds. The smallest absolute Gasteiger partial charge is 0.357 e. The topological polar surface area (TPSA) is 77.0 Å². The molecule has 0 aromatic heterocycles. The first-order chi connectivity index (χ1) is 13.1. The van der Waals surface area contributed by atoms with Gasteiger partial charge in [-0.25, -0.2) is 8.42 Å². The van der Waals surface area contributed by atoms with E-state index in [0.29, 0.717) is 42.2 Å². The van der Waals surface area contributed by atoms with Gasteiger partial charge >= 0.3 is 15.5 Å². The van der Waals surface area contributed by atoms with Crippen molar-refractivity contribution in [2.45, 2.75) is 63.0 Å². The van der Waals surface area contributed by atoms with Crippen LogP contribution in [-0.2, 0) is 10.0 Å². The highest BCUT2D eigenvalue weighted by Crippen LogP contribution is 2.29. The van der Waals surface area contributed by atoms with Gasteiger partial charge in [-0.3, -0.25) is 4.99 Å². The van der Waals surface area contributed by atoms with Crippen molar-refractivity contribution in [1.29, 1.82) is 0 Å². The van der Waals surface area contributed by atoms with Gasteiger partial charge in [0.25, 0.3) is 0 Å². The zero-order valence-corrected chi connectivity index (χ0v) is 17.4. The van der Waals surface area contributed by atoms with Gasteiger partial charge in [0.15, 0.2) is 5.96 Å². The summed E-state index contributed by atoms with van der Waals surface area (Å²) in [4.78, 5) is 6.90. The van der Waals surface area contributed by atoms with Crippen LogP contribution in [0.3, 0.4) is 0 Å². The van der Waals surface area contributed by atoms with Crippen LogP contribution in [0, 0.1) is 0 Å². The lowest BCUT2D eigenvalue weighted by Gasteiger charge is -2.32. The van der Waals surface area contributed by atoms with E-state index in [1.165, 1.54) is 25.7 Å². The predicted octanol–water partition coefficient (Wildman–Crippen LogP) is 1.73. The monoisotopic (exact) mass is 427 g/mol. The van der Waals surface area contributed by atoms with E-state index >= 15 is 0 Å². The summed E-state index contributed by atoms with van der Waals surface area (Å²) >= 11 is 0. The van der Waals surface area contributed by atoms with Crippen molar-refractivity contribution in [3.05, 3.63) is 0 Å². The Kier molecular flexibility index (Phi) is 8.38. The molecule has 1 saturated carbocycles. The number of aliphatic imine (C=N–C) groups is 1. The molecule has 1 aliphatic carbocycles. The number of halogens is 3. The molecule has 0 radical (unpaired) electrons. The third kappa shape index (κ3) is 6.21. The van der Waals surface area contributed by atoms with Gasteiger partial charge in [-0.15, -0.1) is 0 Å². The third-order valence-corrected chi connectivity index (χ3v) is 7.07. The standard InChI is InChI=1S/C17H32F3N5O2S/c1-3-21-16(22-10-13-24(2)15-6-4-5-7-15)23-14-8-11-25(12-9-14)28(26,27)17(18,19)20/h14-15H,3-13H2,1-2H3,(H2,21,22,23). The summed E-state index contributed by atoms with van der Waals surface area (Å²) in [6.45, 7) is 3.80. The third-order valence-electron chi connectivity index (χ3n) is 5.44. The summed E-state index contributed by atoms with van der Waals surface area (Å²) in [5, 5.41) is 6.38. The number of alkyl halides is 3. The van der Waals surface area contributed by atoms with E-state index in [1.54, 1.807) is 0 Å². The Morgan fingerprint density at radius 2 is 1.79 bits per heavy atom. The zero-order chi connectivity index (χ0) is 20.8. The van der Waals surface area contributed by atoms with Crippen molar-refractivity contribution >= 4 is 16.0 Å². The first-order valence-corrected chi connectivity index (χ1v) is 11.4. The van der Waals surface area contributed by atoms with Gasteiger partial charge in [0.05, 0.1) is 6.54 Å². The van der Waals surface area contributed by atoms with E-state index in [1.807, 2.05) is 6.92 Å². The lowest BCUT2D eigenvalue weighted by Crippen LogP contribution is -2.51. The van der Waals surface area contributed by atoms with Crippen molar-refractivity contribution in [1.82, 2.24) is 19.8 Å². The van der Waals surface area contributed by atoms with Crippen LogP contribution in [0.1, 0.15) is 45.4 Å². The minimum absolute atomic E-state index is 0.106. The molecule has 164 valence electrons. The number of nitrogens with one attached hydrogen (secondary N) is 2. The molecule has 1 saturated heterocycles. The summed E-state index contributed by atoms with van der Waals surface area (Å²) < 4.78 is 61.5. The molecule has 2 rings (SSSR count). The molecule has 11 heteroatoms. The van der Waals surface area contributed by atoms with Gasteiger partial charge in [0.2, 0.25) is 0 Å². The van der Waals surface area contributed by atoms with Crippen LogP contribution in [0.15, 0.2) is 4.99 Å². The molecular formula is C17H32F3N5O2S. The van der Waals surface area contributed by atoms with Gasteiger partial charge in [0.1, 0.15) is 0 Å². The lowest BCUT2D eigenvalue weighted by atomic mass is 10.1. The number of hydrogen-bond donors (Lipinski definition) is 2. The summed E-state index contributed by atoms with van der Waals surface area (Å²) in [7, 11) is -3.13. The highest BCUT2D eigenvalue weighted by Gasteiger charge is 2.50. The number of rotatable bonds is 7. The maximum absolute atomic E-state index is 12.7. The molecule has 2 fully saturated rings. The second kappa shape index (κ2) is 10.1. The summed E-state index contributed by atoms with van der Waals surface area (Å²) in [5.41, 5.74) is -5.24. The Morgan fingerprint density at radius 1 is 1.18 bits per heavy atom. The lowest BCUT2D eigenvalue weighted by molar-refractivity contribution is -0.0494. The second-order valence-corrected chi connectivity index (χ2v) is 9.38. The van der Waals surface area contributed by atoms with Crippen LogP contribution in [0.5, 0.6) is 0 Å². The molecule has 0 unspecified atom stereocenters. The molecule has 0 bridgehead atoms. The van der Waals surface area contributed by atoms with Crippen LogP contribution in [0.25, 0.3) is 0 Å². The predicted molar refractivity (Wildman–Crippen MR) is 104 cm³/mol. The Labute approximate surface area is 165 Å². The highest BCUT2D eigenvalue weighted by atomic mass is 32.2. The van der Waals surface area contributed by atoms with Crippen molar-refractivity contribution < 1.29 is 21.6 Å². The molecule has 0 aromatic carbocycles. The maximum atomic E-state index is 12.7. The molecule has 0 aromatic rings. The van der Waals surface area contributed by atoms with Crippen molar-refractivity contribution in [2.75, 3.05) is 39.8 Å². The fourth-order valence-electron chi connectivity index (χ4n) is 3.75. The Hall–Kier alpha value is -1.07. The van der Waals surface area contributed by atoms with Crippen LogP contribution < -0.4 is 10.6 Å². The first-order valence-electron chi connectivity index (χ1n) is 9.96. The van der Waals surface area contributed by atoms with E-state index in [2.05, 4.69) is 27.6 Å². The quantitative estimate of drug-likeness (QED) is 0.478. The molecule has 0 spiro atoms. The van der Waals surface area contributed by atoms with Gasteiger partial charge in [-0.05, 0) is 39.7 Å². The number of sulfonamides is 1. The SMILES string of the molecule is CCNC(=NCCN(C)C1CCCC1)NC1CCN(S(=O)(=O)C(F)(F)F)CC1. The molecule has 28 heavy (non-hydrogen) atoms. The summed E-state index contributed by atoms with van der Waals surface area (Å²) in [6, 6.07) is 0.524. The largest absolute Gasteiger partial charge is 0.511 e. The maximum Gasteiger partial charge on any atom is 0.511 e. The van der Waals surface area contributed by atoms with E-state index < -0.39 is 15.5 Å². The molecule has 2 N–H and O–H groups in total. The Bertz CT molecular complexity index is 613. The van der Waals surface area contributed by atoms with Gasteiger partial charge in [0, 0.05) is 38.3 Å². The average molecular weight is 428 g/mol. The number of guanidine groups is 1. The number of hydrogen-bond acceptors (Lipinski definition) is 4. The normalized spacial score (nSPS) is 21.4. The van der Waals surface area contributed by atoms with E-state index in [4.69, 9.17) is 0 Å². The first kappa shape index (κ1) is 23.2. The number of piperidine rings is 1. The molecule has 7 nitrogen and oxygen atoms in total. The average Bonchev–Trinajstić information content (AvgIpc) is 3.16. The fourth-order valence-corrected chi connectivity index (χ4v) is 4.73. The number of likely N-dealkylation sites (N-methyl/N-ethyl adjacent to an activating group) is 1. The van der Waals surface area contributed by atoms with E-state index in [0.717, 1.165) is 6.54 Å². The van der Waals surface area contributed by atoms with Crippen LogP contribution >= 0.6 is 0 Å². The Morgan fingerprint density at radius 3 is 2.32 bits per heavy atom. The summed E-state index contributed by atoms with van der Waals surface area (Å²) in [6.07, 6.45) is 5.65. The van der Waals surface area contributed by atoms with Crippen LogP contribution in [0.4, 0.5) is 13.2 Å². The fraction of sp³-hybridized carbons (Fsp3) is 0.941. The van der Waals surface area contributed by atoms with Crippen LogP contribution in [-0.4, -0.2) is 80.9 Å². The summed E-state index contributed by atoms with van der Waals surface area (Å²) in [5.74, 6) is 0.624. The molecule has 1 heterocycles. The highest BCUT2D eigenvalue weighted by molar-refractivity contribution is 7.90. The van der Waals surface area contributed by atoms with Crippen molar-refractivity contribution in [3.63, 3.8) is 0 Å². The van der Waals surface area contributed by atoms with E-state index in [9.17, 15) is 21.6 Å².